The van der Waals surface area contributed by atoms with E-state index < -0.39 is 0 Å². The van der Waals surface area contributed by atoms with Crippen molar-refractivity contribution in [1.82, 2.24) is 10.3 Å². The number of hydrogen-bond acceptors (Lipinski definition) is 3. The molecule has 0 aromatic carbocycles. The predicted molar refractivity (Wildman–Crippen MR) is 76.9 cm³/mol. The molecular weight excluding hydrogens is 222 g/mol. The highest BCUT2D eigenvalue weighted by Gasteiger charge is 2.14. The van der Waals surface area contributed by atoms with Gasteiger partial charge in [0.2, 0.25) is 0 Å². The molecule has 3 nitrogen and oxygen atoms in total. The molecule has 0 unspecified atom stereocenters. The zero-order valence-corrected chi connectivity index (χ0v) is 11.5. The smallest absolute Gasteiger partial charge is 0.133 e. The average molecular weight is 247 g/mol. The van der Waals surface area contributed by atoms with Gasteiger partial charge in [-0.15, -0.1) is 0 Å². The summed E-state index contributed by atoms with van der Waals surface area (Å²) in [5, 5.41) is 3.48. The fourth-order valence-electron chi connectivity index (χ4n) is 2.54. The Labute approximate surface area is 111 Å². The van der Waals surface area contributed by atoms with Gasteiger partial charge in [0, 0.05) is 31.4 Å². The first-order valence-corrected chi connectivity index (χ1v) is 7.31. The fraction of sp³-hybridized carbons (Fsp3) is 0.667. The molecule has 0 spiro atoms. The van der Waals surface area contributed by atoms with Crippen LogP contribution in [0.3, 0.4) is 0 Å². The van der Waals surface area contributed by atoms with Gasteiger partial charge in [0.05, 0.1) is 0 Å². The Morgan fingerprint density at radius 3 is 2.72 bits per heavy atom. The summed E-state index contributed by atoms with van der Waals surface area (Å²) < 4.78 is 0. The molecule has 1 fully saturated rings. The molecule has 0 radical (unpaired) electrons. The Bertz CT molecular complexity index is 343. The zero-order valence-electron chi connectivity index (χ0n) is 11.5. The van der Waals surface area contributed by atoms with Crippen LogP contribution in [0.25, 0.3) is 0 Å². The van der Waals surface area contributed by atoms with Crippen LogP contribution in [0.5, 0.6) is 0 Å². The number of hydrogen-bond donors (Lipinski definition) is 1. The first kappa shape index (κ1) is 13.3. The van der Waals surface area contributed by atoms with E-state index in [-0.39, 0.29) is 0 Å². The van der Waals surface area contributed by atoms with Crippen LogP contribution in [-0.4, -0.2) is 24.6 Å². The largest absolute Gasteiger partial charge is 0.356 e. The van der Waals surface area contributed by atoms with Crippen molar-refractivity contribution in [3.8, 4) is 0 Å². The summed E-state index contributed by atoms with van der Waals surface area (Å²) in [6.45, 7) is 6.55. The van der Waals surface area contributed by atoms with Gasteiger partial charge in [-0.25, -0.2) is 4.98 Å². The molecular formula is C15H25N3. The topological polar surface area (TPSA) is 28.2 Å². The number of anilines is 1. The number of nitrogens with zero attached hydrogens (tertiary/aromatic N) is 2. The molecule has 1 aromatic heterocycles. The van der Waals surface area contributed by atoms with Crippen LogP contribution in [-0.2, 0) is 6.54 Å². The third kappa shape index (κ3) is 3.70. The van der Waals surface area contributed by atoms with E-state index in [2.05, 4.69) is 28.2 Å². The van der Waals surface area contributed by atoms with Crippen molar-refractivity contribution in [3.63, 3.8) is 0 Å². The predicted octanol–water partition coefficient (Wildman–Crippen LogP) is 2.96. The monoisotopic (exact) mass is 247 g/mol. The van der Waals surface area contributed by atoms with Crippen LogP contribution in [0.1, 0.15) is 44.6 Å². The van der Waals surface area contributed by atoms with E-state index >= 15 is 0 Å². The van der Waals surface area contributed by atoms with Gasteiger partial charge in [-0.05, 0) is 31.9 Å². The maximum absolute atomic E-state index is 4.61. The Balaban J connectivity index is 2.05. The second-order valence-corrected chi connectivity index (χ2v) is 5.06. The minimum absolute atomic E-state index is 0.938. The molecule has 100 valence electrons. The molecule has 1 aromatic rings. The van der Waals surface area contributed by atoms with Gasteiger partial charge in [0.25, 0.3) is 0 Å². The van der Waals surface area contributed by atoms with Crippen molar-refractivity contribution in [2.45, 2.75) is 45.6 Å². The first-order valence-electron chi connectivity index (χ1n) is 7.31. The molecule has 0 bridgehead atoms. The van der Waals surface area contributed by atoms with E-state index in [1.54, 1.807) is 0 Å². The summed E-state index contributed by atoms with van der Waals surface area (Å²) in [4.78, 5) is 7.08. The van der Waals surface area contributed by atoms with E-state index in [4.69, 9.17) is 0 Å². The van der Waals surface area contributed by atoms with E-state index in [9.17, 15) is 0 Å². The van der Waals surface area contributed by atoms with Crippen LogP contribution in [0, 0.1) is 0 Å². The van der Waals surface area contributed by atoms with Crippen molar-refractivity contribution in [2.24, 2.45) is 0 Å². The zero-order chi connectivity index (χ0) is 12.6. The molecule has 0 atom stereocenters. The lowest BCUT2D eigenvalue weighted by Crippen LogP contribution is -2.27. The van der Waals surface area contributed by atoms with Crippen molar-refractivity contribution >= 4 is 5.82 Å². The summed E-state index contributed by atoms with van der Waals surface area (Å²) in [5.74, 6) is 1.20. The van der Waals surface area contributed by atoms with Gasteiger partial charge in [-0.3, -0.25) is 0 Å². The van der Waals surface area contributed by atoms with Crippen LogP contribution in [0.2, 0.25) is 0 Å². The van der Waals surface area contributed by atoms with Gasteiger partial charge in [0.1, 0.15) is 5.82 Å². The van der Waals surface area contributed by atoms with Gasteiger partial charge in [-0.2, -0.15) is 0 Å². The van der Waals surface area contributed by atoms with Crippen molar-refractivity contribution < 1.29 is 0 Å². The minimum atomic E-state index is 0.938. The fourth-order valence-corrected chi connectivity index (χ4v) is 2.54. The number of pyridine rings is 1. The highest BCUT2D eigenvalue weighted by molar-refractivity contribution is 5.46. The lowest BCUT2D eigenvalue weighted by molar-refractivity contribution is 0.668. The lowest BCUT2D eigenvalue weighted by Gasteiger charge is -2.24. The van der Waals surface area contributed by atoms with Crippen molar-refractivity contribution in [1.29, 1.82) is 0 Å². The van der Waals surface area contributed by atoms with Crippen LogP contribution in [0.15, 0.2) is 18.3 Å². The lowest BCUT2D eigenvalue weighted by atomic mass is 10.2. The first-order chi connectivity index (χ1) is 8.92. The molecule has 1 saturated heterocycles. The molecule has 0 saturated carbocycles. The molecule has 18 heavy (non-hydrogen) atoms. The van der Waals surface area contributed by atoms with Gasteiger partial charge < -0.3 is 10.2 Å². The summed E-state index contributed by atoms with van der Waals surface area (Å²) >= 11 is 0. The standard InChI is InChI=1S/C15H25N3/c1-2-9-16-13-14-8-7-10-17-15(14)18-11-5-3-4-6-12-18/h7-8,10,16H,2-6,9,11-13H2,1H3. The Morgan fingerprint density at radius 1 is 1.22 bits per heavy atom. The third-order valence-electron chi connectivity index (χ3n) is 3.52. The molecule has 1 aliphatic rings. The Hall–Kier alpha value is -1.09. The second-order valence-electron chi connectivity index (χ2n) is 5.06. The number of nitrogens with one attached hydrogen (secondary N) is 1. The Morgan fingerprint density at radius 2 is 2.00 bits per heavy atom. The molecule has 1 N–H and O–H groups in total. The Kier molecular flexibility index (Phi) is 5.46. The van der Waals surface area contributed by atoms with Crippen LogP contribution >= 0.6 is 0 Å². The highest BCUT2D eigenvalue weighted by atomic mass is 15.2. The molecule has 1 aliphatic heterocycles. The molecule has 3 heteroatoms. The summed E-state index contributed by atoms with van der Waals surface area (Å²) in [6.07, 6.45) is 8.44. The summed E-state index contributed by atoms with van der Waals surface area (Å²) in [6, 6.07) is 4.25. The van der Waals surface area contributed by atoms with Gasteiger partial charge in [0.15, 0.2) is 0 Å². The van der Waals surface area contributed by atoms with Crippen molar-refractivity contribution in [2.75, 3.05) is 24.5 Å². The maximum Gasteiger partial charge on any atom is 0.133 e. The number of aromatic nitrogens is 1. The molecule has 0 amide bonds. The quantitative estimate of drug-likeness (QED) is 0.811. The highest BCUT2D eigenvalue weighted by Crippen LogP contribution is 2.21. The van der Waals surface area contributed by atoms with E-state index in [0.717, 1.165) is 26.2 Å². The summed E-state index contributed by atoms with van der Waals surface area (Å²) in [7, 11) is 0. The number of rotatable bonds is 5. The molecule has 2 heterocycles. The summed E-state index contributed by atoms with van der Waals surface area (Å²) in [5.41, 5.74) is 1.34. The van der Waals surface area contributed by atoms with Crippen LogP contribution in [0.4, 0.5) is 5.82 Å². The van der Waals surface area contributed by atoms with E-state index in [1.807, 2.05) is 12.3 Å². The average Bonchev–Trinajstić information content (AvgIpc) is 2.68. The van der Waals surface area contributed by atoms with E-state index in [0.29, 0.717) is 0 Å². The maximum atomic E-state index is 4.61. The van der Waals surface area contributed by atoms with Gasteiger partial charge in [-0.1, -0.05) is 25.8 Å². The van der Waals surface area contributed by atoms with Crippen LogP contribution < -0.4 is 10.2 Å². The SMILES string of the molecule is CCCNCc1cccnc1N1CCCCCC1. The third-order valence-corrected chi connectivity index (χ3v) is 3.52. The molecule has 0 aliphatic carbocycles. The second kappa shape index (κ2) is 7.37. The molecule has 2 rings (SSSR count). The normalized spacial score (nSPS) is 16.6. The van der Waals surface area contributed by atoms with E-state index in [1.165, 1.54) is 43.5 Å². The minimum Gasteiger partial charge on any atom is -0.356 e. The van der Waals surface area contributed by atoms with Gasteiger partial charge >= 0.3 is 0 Å². The van der Waals surface area contributed by atoms with Crippen molar-refractivity contribution in [3.05, 3.63) is 23.9 Å².